The monoisotopic (exact) mass is 282 g/mol. The molecule has 96 valence electrons. The molecular formula is C12H24Cl2OSi. The van der Waals surface area contributed by atoms with E-state index in [9.17, 15) is 0 Å². The predicted molar refractivity (Wildman–Crippen MR) is 74.7 cm³/mol. The zero-order valence-corrected chi connectivity index (χ0v) is 13.4. The Labute approximate surface area is 110 Å². The molecule has 1 aliphatic rings. The summed E-state index contributed by atoms with van der Waals surface area (Å²) in [6.07, 6.45) is 3.73. The smallest absolute Gasteiger partial charge is 0.259 e. The van der Waals surface area contributed by atoms with Crippen molar-refractivity contribution in [2.75, 3.05) is 6.61 Å². The summed E-state index contributed by atoms with van der Waals surface area (Å²) >= 11 is 12.8. The molecule has 0 aliphatic carbocycles. The van der Waals surface area contributed by atoms with Gasteiger partial charge in [-0.2, -0.15) is 0 Å². The SMILES string of the molecule is CCCCO[C@H]1C[Si](Cl)(Cl)[C@@H]1CC(C)(C)C. The molecule has 4 heteroatoms. The van der Waals surface area contributed by atoms with E-state index < -0.39 is 6.69 Å². The Morgan fingerprint density at radius 2 is 1.94 bits per heavy atom. The molecule has 0 spiro atoms. The van der Waals surface area contributed by atoms with Gasteiger partial charge in [0.2, 0.25) is 0 Å². The van der Waals surface area contributed by atoms with Crippen molar-refractivity contribution in [2.45, 2.75) is 64.6 Å². The molecule has 1 nitrogen and oxygen atoms in total. The first kappa shape index (κ1) is 14.8. The van der Waals surface area contributed by atoms with E-state index in [0.29, 0.717) is 17.1 Å². The lowest BCUT2D eigenvalue weighted by Crippen LogP contribution is -2.51. The van der Waals surface area contributed by atoms with Crippen LogP contribution in [0.4, 0.5) is 0 Å². The van der Waals surface area contributed by atoms with Gasteiger partial charge >= 0.3 is 0 Å². The molecule has 1 rings (SSSR count). The third-order valence-corrected chi connectivity index (χ3v) is 8.34. The van der Waals surface area contributed by atoms with Crippen molar-refractivity contribution < 1.29 is 4.74 Å². The minimum Gasteiger partial charge on any atom is -0.378 e. The fraction of sp³-hybridized carbons (Fsp3) is 1.00. The number of ether oxygens (including phenoxy) is 1. The number of hydrogen-bond acceptors (Lipinski definition) is 1. The number of rotatable bonds is 5. The number of halogens is 2. The Kier molecular flexibility index (Phi) is 5.18. The van der Waals surface area contributed by atoms with Crippen molar-refractivity contribution in [3.63, 3.8) is 0 Å². The Balaban J connectivity index is 2.42. The Bertz CT molecular complexity index is 226. The normalized spacial score (nSPS) is 28.9. The van der Waals surface area contributed by atoms with Crippen LogP contribution in [0, 0.1) is 5.41 Å². The molecule has 1 aliphatic heterocycles. The zero-order valence-electron chi connectivity index (χ0n) is 10.9. The highest BCUT2D eigenvalue weighted by atomic mass is 35.7. The Morgan fingerprint density at radius 3 is 2.38 bits per heavy atom. The summed E-state index contributed by atoms with van der Waals surface area (Å²) in [6.45, 7) is 7.78. The molecule has 16 heavy (non-hydrogen) atoms. The van der Waals surface area contributed by atoms with E-state index in [4.69, 9.17) is 26.9 Å². The van der Waals surface area contributed by atoms with Crippen molar-refractivity contribution in [3.8, 4) is 0 Å². The summed E-state index contributed by atoms with van der Waals surface area (Å²) in [6, 6.07) is 0.917. The van der Waals surface area contributed by atoms with Crippen LogP contribution >= 0.6 is 22.2 Å². The van der Waals surface area contributed by atoms with Gasteiger partial charge in [-0.25, -0.2) is 0 Å². The molecule has 1 fully saturated rings. The van der Waals surface area contributed by atoms with Gasteiger partial charge < -0.3 is 4.74 Å². The molecule has 0 saturated carbocycles. The van der Waals surface area contributed by atoms with E-state index in [1.165, 1.54) is 6.42 Å². The Morgan fingerprint density at radius 1 is 1.31 bits per heavy atom. The second kappa shape index (κ2) is 5.60. The molecule has 2 atom stereocenters. The first-order valence-corrected chi connectivity index (χ1v) is 10.6. The van der Waals surface area contributed by atoms with Gasteiger partial charge in [0.25, 0.3) is 6.69 Å². The van der Waals surface area contributed by atoms with Gasteiger partial charge in [0, 0.05) is 12.1 Å². The summed E-state index contributed by atoms with van der Waals surface area (Å²) in [4.78, 5) is 0. The van der Waals surface area contributed by atoms with Crippen LogP contribution in [-0.2, 0) is 4.74 Å². The summed E-state index contributed by atoms with van der Waals surface area (Å²) < 4.78 is 5.88. The van der Waals surface area contributed by atoms with Crippen molar-refractivity contribution in [1.29, 1.82) is 0 Å². The largest absolute Gasteiger partial charge is 0.378 e. The molecule has 1 saturated heterocycles. The maximum atomic E-state index is 6.41. The highest BCUT2D eigenvalue weighted by Crippen LogP contribution is 2.55. The lowest BCUT2D eigenvalue weighted by Gasteiger charge is -2.47. The quantitative estimate of drug-likeness (QED) is 0.395. The number of hydrogen-bond donors (Lipinski definition) is 0. The standard InChI is InChI=1S/C12H24Cl2OSi/c1-5-6-7-15-10-9-16(13,14)11(10)8-12(2,3)4/h10-11H,5-9H2,1-4H3/t10-,11+/m0/s1. The van der Waals surface area contributed by atoms with Crippen LogP contribution in [0.5, 0.6) is 0 Å². The van der Waals surface area contributed by atoms with Gasteiger partial charge in [-0.1, -0.05) is 34.1 Å². The molecule has 0 N–H and O–H groups in total. The van der Waals surface area contributed by atoms with Crippen LogP contribution in [0.3, 0.4) is 0 Å². The van der Waals surface area contributed by atoms with E-state index >= 15 is 0 Å². The lowest BCUT2D eigenvalue weighted by atomic mass is 9.88. The first-order valence-electron chi connectivity index (χ1n) is 6.26. The second-order valence-corrected chi connectivity index (χ2v) is 13.4. The van der Waals surface area contributed by atoms with Gasteiger partial charge in [-0.3, -0.25) is 0 Å². The molecule has 0 aromatic carbocycles. The molecule has 1 heterocycles. The summed E-state index contributed by atoms with van der Waals surface area (Å²) in [7, 11) is 0. The molecule has 0 unspecified atom stereocenters. The maximum Gasteiger partial charge on any atom is 0.259 e. The van der Waals surface area contributed by atoms with E-state index in [0.717, 1.165) is 25.5 Å². The third kappa shape index (κ3) is 4.21. The van der Waals surface area contributed by atoms with Crippen LogP contribution in [0.2, 0.25) is 11.6 Å². The molecule has 0 radical (unpaired) electrons. The third-order valence-electron chi connectivity index (χ3n) is 3.13. The summed E-state index contributed by atoms with van der Waals surface area (Å²) in [5, 5.41) is 0. The van der Waals surface area contributed by atoms with E-state index in [-0.39, 0.29) is 0 Å². The highest BCUT2D eigenvalue weighted by molar-refractivity contribution is 7.47. The Hall–Kier alpha value is 0.757. The predicted octanol–water partition coefficient (Wildman–Crippen LogP) is 4.91. The highest BCUT2D eigenvalue weighted by Gasteiger charge is 2.56. The maximum absolute atomic E-state index is 6.41. The first-order chi connectivity index (χ1) is 7.26. The number of unbranched alkanes of at least 4 members (excludes halogenated alkanes) is 1. The van der Waals surface area contributed by atoms with Crippen LogP contribution < -0.4 is 0 Å². The molecule has 0 amide bonds. The van der Waals surface area contributed by atoms with Crippen LogP contribution in [0.25, 0.3) is 0 Å². The zero-order chi connectivity index (χ0) is 12.4. The molecule has 0 bridgehead atoms. The average molecular weight is 283 g/mol. The van der Waals surface area contributed by atoms with Crippen molar-refractivity contribution in [1.82, 2.24) is 0 Å². The average Bonchev–Trinajstić information content (AvgIpc) is 2.12. The van der Waals surface area contributed by atoms with Crippen LogP contribution in [0.1, 0.15) is 47.0 Å². The van der Waals surface area contributed by atoms with E-state index in [1.54, 1.807) is 0 Å². The van der Waals surface area contributed by atoms with Gasteiger partial charge in [0.1, 0.15) is 0 Å². The van der Waals surface area contributed by atoms with Gasteiger partial charge in [-0.15, -0.1) is 22.2 Å². The van der Waals surface area contributed by atoms with E-state index in [1.807, 2.05) is 0 Å². The summed E-state index contributed by atoms with van der Waals surface area (Å²) in [5.74, 6) is 0. The summed E-state index contributed by atoms with van der Waals surface area (Å²) in [5.41, 5.74) is 0.715. The molecule has 0 aromatic heterocycles. The van der Waals surface area contributed by atoms with Crippen molar-refractivity contribution in [2.24, 2.45) is 5.41 Å². The van der Waals surface area contributed by atoms with Crippen molar-refractivity contribution in [3.05, 3.63) is 0 Å². The lowest BCUT2D eigenvalue weighted by molar-refractivity contribution is 0.0345. The molecular weight excluding hydrogens is 259 g/mol. The van der Waals surface area contributed by atoms with E-state index in [2.05, 4.69) is 27.7 Å². The topological polar surface area (TPSA) is 9.23 Å². The van der Waals surface area contributed by atoms with Gasteiger partial charge in [0.15, 0.2) is 0 Å². The molecule has 0 aromatic rings. The minimum absolute atomic E-state index is 0.291. The van der Waals surface area contributed by atoms with Crippen LogP contribution in [-0.4, -0.2) is 19.4 Å². The second-order valence-electron chi connectivity index (χ2n) is 6.10. The fourth-order valence-corrected chi connectivity index (χ4v) is 6.86. The van der Waals surface area contributed by atoms with Gasteiger partial charge in [0.05, 0.1) is 6.10 Å². The fourth-order valence-electron chi connectivity index (χ4n) is 2.17. The minimum atomic E-state index is -1.99. The van der Waals surface area contributed by atoms with Gasteiger partial charge in [-0.05, 0) is 24.3 Å². The van der Waals surface area contributed by atoms with Crippen LogP contribution in [0.15, 0.2) is 0 Å². The van der Waals surface area contributed by atoms with Crippen molar-refractivity contribution >= 4 is 28.9 Å².